The number of halogens is 1. The number of hydrogen-bond donors (Lipinski definition) is 1. The van der Waals surface area contributed by atoms with E-state index in [4.69, 9.17) is 11.6 Å². The molecule has 0 spiro atoms. The van der Waals surface area contributed by atoms with E-state index in [1.807, 2.05) is 25.1 Å². The number of aryl methyl sites for hydroxylation is 1. The minimum Gasteiger partial charge on any atom is -0.324 e. The summed E-state index contributed by atoms with van der Waals surface area (Å²) in [4.78, 5) is 21.1. The molecule has 7 nitrogen and oxygen atoms in total. The number of sulfonamides is 1. The Kier molecular flexibility index (Phi) is 5.92. The van der Waals surface area contributed by atoms with E-state index < -0.39 is 10.0 Å². The molecule has 31 heavy (non-hydrogen) atoms. The molecule has 2 heterocycles. The van der Waals surface area contributed by atoms with Gasteiger partial charge in [0.25, 0.3) is 10.0 Å². The van der Waals surface area contributed by atoms with E-state index in [0.29, 0.717) is 39.4 Å². The van der Waals surface area contributed by atoms with E-state index in [1.54, 1.807) is 31.2 Å². The van der Waals surface area contributed by atoms with Gasteiger partial charge in [-0.15, -0.1) is 0 Å². The van der Waals surface area contributed by atoms with Crippen molar-refractivity contribution in [1.82, 2.24) is 9.97 Å². The van der Waals surface area contributed by atoms with Gasteiger partial charge in [-0.3, -0.25) is 9.10 Å². The maximum absolute atomic E-state index is 13.0. The highest BCUT2D eigenvalue weighted by atomic mass is 35.5. The molecule has 1 aliphatic heterocycles. The van der Waals surface area contributed by atoms with Gasteiger partial charge < -0.3 is 5.32 Å². The summed E-state index contributed by atoms with van der Waals surface area (Å²) in [5.74, 6) is -0.208. The summed E-state index contributed by atoms with van der Waals surface area (Å²) in [5.41, 5.74) is 3.17. The second-order valence-electron chi connectivity index (χ2n) is 6.87. The summed E-state index contributed by atoms with van der Waals surface area (Å²) >= 11 is 7.29. The molecule has 0 saturated carbocycles. The second-order valence-corrected chi connectivity index (χ2v) is 10.1. The van der Waals surface area contributed by atoms with Gasteiger partial charge in [0.2, 0.25) is 5.91 Å². The lowest BCUT2D eigenvalue weighted by atomic mass is 10.1. The number of carbonyl (C=O) groups excluding carboxylic acids is 1. The number of thioether (sulfide) groups is 1. The van der Waals surface area contributed by atoms with Crippen LogP contribution in [0.1, 0.15) is 12.5 Å². The van der Waals surface area contributed by atoms with Gasteiger partial charge in [0.1, 0.15) is 4.90 Å². The van der Waals surface area contributed by atoms with Crippen molar-refractivity contribution >= 4 is 50.7 Å². The zero-order valence-corrected chi connectivity index (χ0v) is 19.2. The van der Waals surface area contributed by atoms with E-state index in [1.165, 1.54) is 10.5 Å². The normalized spacial score (nSPS) is 14.0. The quantitative estimate of drug-likeness (QED) is 0.436. The van der Waals surface area contributed by atoms with Gasteiger partial charge in [0.05, 0.1) is 34.0 Å². The van der Waals surface area contributed by atoms with Crippen LogP contribution in [0.3, 0.4) is 0 Å². The largest absolute Gasteiger partial charge is 0.324 e. The zero-order chi connectivity index (χ0) is 22.2. The van der Waals surface area contributed by atoms with Crippen molar-refractivity contribution in [1.29, 1.82) is 0 Å². The van der Waals surface area contributed by atoms with Gasteiger partial charge in [-0.1, -0.05) is 47.6 Å². The fourth-order valence-corrected chi connectivity index (χ4v) is 5.80. The van der Waals surface area contributed by atoms with E-state index in [0.717, 1.165) is 17.3 Å². The molecule has 4 rings (SSSR count). The van der Waals surface area contributed by atoms with Gasteiger partial charge in [-0.25, -0.2) is 18.4 Å². The summed E-state index contributed by atoms with van der Waals surface area (Å²) in [6, 6.07) is 12.6. The third kappa shape index (κ3) is 4.13. The molecule has 10 heteroatoms. The van der Waals surface area contributed by atoms with Crippen LogP contribution in [0.4, 0.5) is 11.4 Å². The van der Waals surface area contributed by atoms with Crippen LogP contribution in [0.15, 0.2) is 58.7 Å². The van der Waals surface area contributed by atoms with Crippen LogP contribution in [0.2, 0.25) is 5.02 Å². The molecule has 2 aromatic carbocycles. The highest BCUT2D eigenvalue weighted by molar-refractivity contribution is 7.99. The lowest BCUT2D eigenvalue weighted by Crippen LogP contribution is -2.34. The predicted octanol–water partition coefficient (Wildman–Crippen LogP) is 4.36. The standard InChI is InChI=1S/C21H19ClN4O3S2/c1-3-26-17-7-5-4-6-14(17)20-18(31(26,28)29)11-23-21(25-20)30-12-19(27)24-16-9-8-13(2)10-15(16)22/h4-11H,3,12H2,1-2H3,(H,24,27). The van der Waals surface area contributed by atoms with Crippen molar-refractivity contribution in [2.45, 2.75) is 23.9 Å². The van der Waals surface area contributed by atoms with Crippen molar-refractivity contribution in [3.05, 3.63) is 59.2 Å². The highest BCUT2D eigenvalue weighted by Crippen LogP contribution is 2.41. The van der Waals surface area contributed by atoms with Crippen molar-refractivity contribution in [3.63, 3.8) is 0 Å². The fraction of sp³-hybridized carbons (Fsp3) is 0.190. The number of hydrogen-bond acceptors (Lipinski definition) is 6. The summed E-state index contributed by atoms with van der Waals surface area (Å²) in [6.07, 6.45) is 1.31. The SMILES string of the molecule is CCN1c2ccccc2-c2nc(SCC(=O)Nc3ccc(C)cc3Cl)ncc2S1(=O)=O. The molecule has 0 atom stereocenters. The average Bonchev–Trinajstić information content (AvgIpc) is 2.74. The Morgan fingerprint density at radius 3 is 2.74 bits per heavy atom. The molecular weight excluding hydrogens is 456 g/mol. The van der Waals surface area contributed by atoms with Crippen LogP contribution in [0.5, 0.6) is 0 Å². The van der Waals surface area contributed by atoms with Crippen LogP contribution in [0, 0.1) is 6.92 Å². The summed E-state index contributed by atoms with van der Waals surface area (Å²) in [6.45, 7) is 4.00. The van der Waals surface area contributed by atoms with E-state index in [-0.39, 0.29) is 16.6 Å². The molecule has 1 aromatic heterocycles. The molecule has 1 amide bonds. The lowest BCUT2D eigenvalue weighted by molar-refractivity contribution is -0.113. The number of para-hydroxylation sites is 1. The number of anilines is 2. The third-order valence-corrected chi connectivity index (χ3v) is 7.81. The van der Waals surface area contributed by atoms with Crippen molar-refractivity contribution in [2.24, 2.45) is 0 Å². The minimum atomic E-state index is -3.74. The number of amides is 1. The Bertz CT molecular complexity index is 1280. The molecule has 0 saturated heterocycles. The Labute approximate surface area is 189 Å². The number of rotatable bonds is 5. The van der Waals surface area contributed by atoms with Crippen molar-refractivity contribution in [3.8, 4) is 11.3 Å². The van der Waals surface area contributed by atoms with Crippen LogP contribution in [-0.4, -0.2) is 36.6 Å². The summed E-state index contributed by atoms with van der Waals surface area (Å²) in [7, 11) is -3.74. The highest BCUT2D eigenvalue weighted by Gasteiger charge is 2.35. The maximum Gasteiger partial charge on any atom is 0.268 e. The number of benzene rings is 2. The van der Waals surface area contributed by atoms with Crippen LogP contribution < -0.4 is 9.62 Å². The smallest absolute Gasteiger partial charge is 0.268 e. The molecule has 0 unspecified atom stereocenters. The van der Waals surface area contributed by atoms with E-state index in [9.17, 15) is 13.2 Å². The number of nitrogens with zero attached hydrogens (tertiary/aromatic N) is 3. The number of carbonyl (C=O) groups is 1. The molecule has 1 aliphatic rings. The number of fused-ring (bicyclic) bond motifs is 3. The Hall–Kier alpha value is -2.62. The average molecular weight is 475 g/mol. The van der Waals surface area contributed by atoms with Gasteiger partial charge >= 0.3 is 0 Å². The summed E-state index contributed by atoms with van der Waals surface area (Å²) < 4.78 is 27.3. The third-order valence-electron chi connectivity index (χ3n) is 4.75. The van der Waals surface area contributed by atoms with Crippen molar-refractivity contribution in [2.75, 3.05) is 21.9 Å². The summed E-state index contributed by atoms with van der Waals surface area (Å²) in [5, 5.41) is 3.54. The molecule has 0 fully saturated rings. The van der Waals surface area contributed by atoms with Gasteiger partial charge in [0.15, 0.2) is 5.16 Å². The van der Waals surface area contributed by atoms with Gasteiger partial charge in [-0.2, -0.15) is 0 Å². The molecule has 1 N–H and O–H groups in total. The van der Waals surface area contributed by atoms with Gasteiger partial charge in [0, 0.05) is 12.1 Å². The minimum absolute atomic E-state index is 0.0540. The monoisotopic (exact) mass is 474 g/mol. The first-order valence-corrected chi connectivity index (χ1v) is 12.3. The number of nitrogens with one attached hydrogen (secondary N) is 1. The van der Waals surface area contributed by atoms with Crippen LogP contribution in [0.25, 0.3) is 11.3 Å². The van der Waals surface area contributed by atoms with E-state index >= 15 is 0 Å². The van der Waals surface area contributed by atoms with Crippen molar-refractivity contribution < 1.29 is 13.2 Å². The molecular formula is C21H19ClN4O3S2. The van der Waals surface area contributed by atoms with E-state index in [2.05, 4.69) is 15.3 Å². The first kappa shape index (κ1) is 21.6. The Morgan fingerprint density at radius 2 is 2.00 bits per heavy atom. The second kappa shape index (κ2) is 8.49. The number of aromatic nitrogens is 2. The topological polar surface area (TPSA) is 92.3 Å². The Morgan fingerprint density at radius 1 is 1.23 bits per heavy atom. The lowest BCUT2D eigenvalue weighted by Gasteiger charge is -2.30. The first-order valence-electron chi connectivity index (χ1n) is 9.49. The molecule has 0 aliphatic carbocycles. The van der Waals surface area contributed by atoms with Crippen LogP contribution >= 0.6 is 23.4 Å². The Balaban J connectivity index is 1.57. The molecule has 160 valence electrons. The molecule has 0 bridgehead atoms. The zero-order valence-electron chi connectivity index (χ0n) is 16.8. The first-order chi connectivity index (χ1) is 14.8. The van der Waals surface area contributed by atoms with Crippen LogP contribution in [-0.2, 0) is 14.8 Å². The fourth-order valence-electron chi connectivity index (χ4n) is 3.32. The molecule has 3 aromatic rings. The molecule has 0 radical (unpaired) electrons. The van der Waals surface area contributed by atoms with Gasteiger partial charge in [-0.05, 0) is 37.6 Å². The predicted molar refractivity (Wildman–Crippen MR) is 123 cm³/mol. The maximum atomic E-state index is 13.0.